The molecule has 0 saturated heterocycles. The van der Waals surface area contributed by atoms with Crippen molar-refractivity contribution >= 4 is 5.78 Å². The minimum absolute atomic E-state index is 0.0258. The van der Waals surface area contributed by atoms with Gasteiger partial charge in [-0.15, -0.1) is 0 Å². The molecule has 3 heteroatoms. The number of ketones is 1. The molecule has 1 aromatic carbocycles. The fourth-order valence-electron chi connectivity index (χ4n) is 2.33. The van der Waals surface area contributed by atoms with Crippen LogP contribution in [0.2, 0.25) is 0 Å². The van der Waals surface area contributed by atoms with Crippen molar-refractivity contribution in [1.29, 1.82) is 0 Å². The first-order chi connectivity index (χ1) is 8.54. The van der Waals surface area contributed by atoms with Gasteiger partial charge in [-0.2, -0.15) is 0 Å². The zero-order chi connectivity index (χ0) is 13.1. The number of hydrogen-bond donors (Lipinski definition) is 0. The van der Waals surface area contributed by atoms with Crippen LogP contribution in [0.15, 0.2) is 18.2 Å². The average Bonchev–Trinajstić information content (AvgIpc) is 2.67. The van der Waals surface area contributed by atoms with Gasteiger partial charge in [0.05, 0.1) is 0 Å². The van der Waals surface area contributed by atoms with Crippen LogP contribution >= 0.6 is 0 Å². The van der Waals surface area contributed by atoms with E-state index in [0.29, 0.717) is 25.2 Å². The third-order valence-corrected chi connectivity index (χ3v) is 3.14. The molecule has 1 unspecified atom stereocenters. The Morgan fingerprint density at radius 1 is 1.50 bits per heavy atom. The molecule has 0 N–H and O–H groups in total. The van der Waals surface area contributed by atoms with Crippen LogP contribution in [-0.2, 0) is 11.2 Å². The SMILES string of the molecule is CC(C)CC(=O)CCC1Cc2cc(F)ccc2O1. The zero-order valence-electron chi connectivity index (χ0n) is 10.9. The summed E-state index contributed by atoms with van der Waals surface area (Å²) in [7, 11) is 0. The van der Waals surface area contributed by atoms with E-state index in [1.165, 1.54) is 12.1 Å². The van der Waals surface area contributed by atoms with Gasteiger partial charge in [0.25, 0.3) is 0 Å². The van der Waals surface area contributed by atoms with E-state index in [9.17, 15) is 9.18 Å². The quantitative estimate of drug-likeness (QED) is 0.799. The number of halogens is 1. The van der Waals surface area contributed by atoms with Gasteiger partial charge in [0, 0.05) is 24.8 Å². The highest BCUT2D eigenvalue weighted by Crippen LogP contribution is 2.31. The largest absolute Gasteiger partial charge is 0.490 e. The standard InChI is InChI=1S/C15H19FO2/c1-10(2)7-13(17)4-5-14-9-11-8-12(16)3-6-15(11)18-14/h3,6,8,10,14H,4-5,7,9H2,1-2H3. The second-order valence-electron chi connectivity index (χ2n) is 5.37. The maximum absolute atomic E-state index is 13.0. The van der Waals surface area contributed by atoms with Crippen molar-refractivity contribution in [1.82, 2.24) is 0 Å². The van der Waals surface area contributed by atoms with Gasteiger partial charge < -0.3 is 4.74 Å². The lowest BCUT2D eigenvalue weighted by atomic mass is 10.0. The van der Waals surface area contributed by atoms with Gasteiger partial charge in [-0.25, -0.2) is 4.39 Å². The molecule has 1 atom stereocenters. The topological polar surface area (TPSA) is 26.3 Å². The van der Waals surface area contributed by atoms with Crippen molar-refractivity contribution in [2.24, 2.45) is 5.92 Å². The molecular weight excluding hydrogens is 231 g/mol. The molecule has 0 aliphatic carbocycles. The van der Waals surface area contributed by atoms with Crippen LogP contribution < -0.4 is 4.74 Å². The molecule has 0 spiro atoms. The van der Waals surface area contributed by atoms with Crippen molar-refractivity contribution in [3.05, 3.63) is 29.6 Å². The van der Waals surface area contributed by atoms with E-state index in [1.54, 1.807) is 6.07 Å². The van der Waals surface area contributed by atoms with Crippen molar-refractivity contribution in [2.75, 3.05) is 0 Å². The van der Waals surface area contributed by atoms with Crippen LogP contribution in [0, 0.1) is 11.7 Å². The van der Waals surface area contributed by atoms with E-state index < -0.39 is 0 Å². The van der Waals surface area contributed by atoms with Gasteiger partial charge in [-0.3, -0.25) is 4.79 Å². The molecule has 0 fully saturated rings. The van der Waals surface area contributed by atoms with E-state index in [-0.39, 0.29) is 17.7 Å². The predicted molar refractivity (Wildman–Crippen MR) is 68.2 cm³/mol. The molecule has 0 bridgehead atoms. The van der Waals surface area contributed by atoms with Crippen LogP contribution in [0.5, 0.6) is 5.75 Å². The van der Waals surface area contributed by atoms with Gasteiger partial charge in [0.15, 0.2) is 0 Å². The molecule has 1 aromatic rings. The van der Waals surface area contributed by atoms with Crippen molar-refractivity contribution in [3.8, 4) is 5.75 Å². The maximum Gasteiger partial charge on any atom is 0.133 e. The zero-order valence-corrected chi connectivity index (χ0v) is 10.9. The number of Topliss-reactive ketones (excluding diaryl/α,β-unsaturated/α-hetero) is 1. The summed E-state index contributed by atoms with van der Waals surface area (Å²) in [6.45, 7) is 4.09. The number of hydrogen-bond acceptors (Lipinski definition) is 2. The number of fused-ring (bicyclic) bond motifs is 1. The highest BCUT2D eigenvalue weighted by molar-refractivity contribution is 5.78. The first-order valence-electron chi connectivity index (χ1n) is 6.51. The Morgan fingerprint density at radius 2 is 2.28 bits per heavy atom. The monoisotopic (exact) mass is 250 g/mol. The molecule has 0 amide bonds. The van der Waals surface area contributed by atoms with Crippen LogP contribution in [0.4, 0.5) is 4.39 Å². The molecular formula is C15H19FO2. The van der Waals surface area contributed by atoms with Gasteiger partial charge in [-0.05, 0) is 30.5 Å². The lowest BCUT2D eigenvalue weighted by Gasteiger charge is -2.10. The molecule has 0 radical (unpaired) electrons. The van der Waals surface area contributed by atoms with E-state index in [0.717, 1.165) is 17.7 Å². The van der Waals surface area contributed by atoms with Crippen LogP contribution in [-0.4, -0.2) is 11.9 Å². The molecule has 0 aromatic heterocycles. The van der Waals surface area contributed by atoms with E-state index in [2.05, 4.69) is 0 Å². The lowest BCUT2D eigenvalue weighted by molar-refractivity contribution is -0.120. The minimum atomic E-state index is -0.228. The van der Waals surface area contributed by atoms with E-state index in [4.69, 9.17) is 4.74 Å². The second-order valence-corrected chi connectivity index (χ2v) is 5.37. The first kappa shape index (κ1) is 13.1. The molecule has 2 nitrogen and oxygen atoms in total. The highest BCUT2D eigenvalue weighted by atomic mass is 19.1. The normalized spacial score (nSPS) is 17.7. The summed E-state index contributed by atoms with van der Waals surface area (Å²) < 4.78 is 18.7. The van der Waals surface area contributed by atoms with Crippen LogP contribution in [0.1, 0.15) is 38.7 Å². The summed E-state index contributed by atoms with van der Waals surface area (Å²) in [4.78, 5) is 11.6. The minimum Gasteiger partial charge on any atom is -0.490 e. The Bertz CT molecular complexity index is 440. The van der Waals surface area contributed by atoms with Gasteiger partial charge in [0.2, 0.25) is 0 Å². The Balaban J connectivity index is 1.83. The Kier molecular flexibility index (Phi) is 4.00. The summed E-state index contributed by atoms with van der Waals surface area (Å²) in [6.07, 6.45) is 2.65. The predicted octanol–water partition coefficient (Wildman–Crippen LogP) is 3.52. The Hall–Kier alpha value is -1.38. The van der Waals surface area contributed by atoms with Gasteiger partial charge in [0.1, 0.15) is 23.5 Å². The first-order valence-corrected chi connectivity index (χ1v) is 6.51. The van der Waals surface area contributed by atoms with E-state index in [1.807, 2.05) is 13.8 Å². The third kappa shape index (κ3) is 3.31. The molecule has 1 aliphatic rings. The van der Waals surface area contributed by atoms with Gasteiger partial charge >= 0.3 is 0 Å². The molecule has 18 heavy (non-hydrogen) atoms. The third-order valence-electron chi connectivity index (χ3n) is 3.14. The Morgan fingerprint density at radius 3 is 3.00 bits per heavy atom. The summed E-state index contributed by atoms with van der Waals surface area (Å²) >= 11 is 0. The number of carbonyl (C=O) groups excluding carboxylic acids is 1. The molecule has 98 valence electrons. The second kappa shape index (κ2) is 5.51. The number of ether oxygens (including phenoxy) is 1. The fourth-order valence-corrected chi connectivity index (χ4v) is 2.33. The lowest BCUT2D eigenvalue weighted by Crippen LogP contribution is -2.15. The molecule has 2 rings (SSSR count). The smallest absolute Gasteiger partial charge is 0.133 e. The van der Waals surface area contributed by atoms with E-state index >= 15 is 0 Å². The molecule has 1 heterocycles. The molecule has 1 aliphatic heterocycles. The fraction of sp³-hybridized carbons (Fsp3) is 0.533. The average molecular weight is 250 g/mol. The summed E-state index contributed by atoms with van der Waals surface area (Å²) in [5.41, 5.74) is 0.913. The number of carbonyl (C=O) groups is 1. The van der Waals surface area contributed by atoms with Crippen LogP contribution in [0.3, 0.4) is 0 Å². The summed E-state index contributed by atoms with van der Waals surface area (Å²) in [5.74, 6) is 1.23. The number of benzene rings is 1. The number of rotatable bonds is 5. The summed E-state index contributed by atoms with van der Waals surface area (Å²) in [6, 6.07) is 4.59. The summed E-state index contributed by atoms with van der Waals surface area (Å²) in [5, 5.41) is 0. The molecule has 0 saturated carbocycles. The highest BCUT2D eigenvalue weighted by Gasteiger charge is 2.23. The van der Waals surface area contributed by atoms with Gasteiger partial charge in [-0.1, -0.05) is 13.8 Å². The van der Waals surface area contributed by atoms with Crippen LogP contribution in [0.25, 0.3) is 0 Å². The maximum atomic E-state index is 13.0. The van der Waals surface area contributed by atoms with Crippen molar-refractivity contribution < 1.29 is 13.9 Å². The van der Waals surface area contributed by atoms with Crippen molar-refractivity contribution in [3.63, 3.8) is 0 Å². The Labute approximate surface area is 107 Å². The van der Waals surface area contributed by atoms with Crippen molar-refractivity contribution in [2.45, 2.75) is 45.6 Å².